The Morgan fingerprint density at radius 1 is 1.14 bits per heavy atom. The standard InChI is InChI=1S/C17H15ClFNO/c18-14-6-3-7-15(19)13(14)11-20-10-4-9-17(21)12-5-1-2-8-16(12)20/h1-3,5-8H,4,9-11H2. The summed E-state index contributed by atoms with van der Waals surface area (Å²) in [4.78, 5) is 14.1. The lowest BCUT2D eigenvalue weighted by atomic mass is 10.1. The molecule has 2 aromatic rings. The normalized spacial score (nSPS) is 14.8. The van der Waals surface area contributed by atoms with Gasteiger partial charge in [0.2, 0.25) is 0 Å². The zero-order chi connectivity index (χ0) is 14.8. The molecule has 2 aromatic carbocycles. The first-order valence-corrected chi connectivity index (χ1v) is 7.34. The summed E-state index contributed by atoms with van der Waals surface area (Å²) in [6.45, 7) is 1.09. The van der Waals surface area contributed by atoms with Crippen molar-refractivity contribution in [3.8, 4) is 0 Å². The van der Waals surface area contributed by atoms with Crippen molar-refractivity contribution in [1.29, 1.82) is 0 Å². The molecule has 21 heavy (non-hydrogen) atoms. The van der Waals surface area contributed by atoms with Gasteiger partial charge >= 0.3 is 0 Å². The van der Waals surface area contributed by atoms with E-state index in [0.29, 0.717) is 35.7 Å². The molecule has 4 heteroatoms. The average molecular weight is 304 g/mol. The summed E-state index contributed by atoms with van der Waals surface area (Å²) in [7, 11) is 0. The predicted octanol–water partition coefficient (Wildman–Crippen LogP) is 4.46. The third kappa shape index (κ3) is 2.79. The molecule has 0 saturated heterocycles. The molecule has 108 valence electrons. The van der Waals surface area contributed by atoms with E-state index in [1.807, 2.05) is 29.2 Å². The molecule has 0 radical (unpaired) electrons. The van der Waals surface area contributed by atoms with Crippen LogP contribution in [-0.2, 0) is 6.54 Å². The number of anilines is 1. The summed E-state index contributed by atoms with van der Waals surface area (Å²) in [6, 6.07) is 12.2. The number of nitrogens with zero attached hydrogens (tertiary/aromatic N) is 1. The summed E-state index contributed by atoms with van der Waals surface area (Å²) in [6.07, 6.45) is 1.29. The summed E-state index contributed by atoms with van der Waals surface area (Å²) >= 11 is 6.11. The highest BCUT2D eigenvalue weighted by atomic mass is 35.5. The Balaban J connectivity index is 1.99. The van der Waals surface area contributed by atoms with E-state index in [1.54, 1.807) is 12.1 Å². The second-order valence-corrected chi connectivity index (χ2v) is 5.57. The van der Waals surface area contributed by atoms with E-state index in [1.165, 1.54) is 6.07 Å². The number of ketones is 1. The van der Waals surface area contributed by atoms with Gasteiger partial charge in [-0.25, -0.2) is 4.39 Å². The van der Waals surface area contributed by atoms with Crippen LogP contribution in [-0.4, -0.2) is 12.3 Å². The first-order valence-electron chi connectivity index (χ1n) is 6.97. The first-order chi connectivity index (χ1) is 10.2. The lowest BCUT2D eigenvalue weighted by Crippen LogP contribution is -2.24. The van der Waals surface area contributed by atoms with Gasteiger partial charge in [0.25, 0.3) is 0 Å². The Bertz CT molecular complexity index is 666. The Kier molecular flexibility index (Phi) is 3.93. The fourth-order valence-electron chi connectivity index (χ4n) is 2.71. The Morgan fingerprint density at radius 3 is 2.76 bits per heavy atom. The van der Waals surface area contributed by atoms with Crippen molar-refractivity contribution in [2.45, 2.75) is 19.4 Å². The molecular weight excluding hydrogens is 289 g/mol. The molecule has 1 aliphatic rings. The van der Waals surface area contributed by atoms with Crippen LogP contribution in [0.2, 0.25) is 5.02 Å². The minimum absolute atomic E-state index is 0.146. The Labute approximate surface area is 128 Å². The highest BCUT2D eigenvalue weighted by Crippen LogP contribution is 2.29. The van der Waals surface area contributed by atoms with E-state index in [9.17, 15) is 9.18 Å². The smallest absolute Gasteiger partial charge is 0.165 e. The second kappa shape index (κ2) is 5.86. The van der Waals surface area contributed by atoms with E-state index in [2.05, 4.69) is 0 Å². The predicted molar refractivity (Wildman–Crippen MR) is 82.5 cm³/mol. The van der Waals surface area contributed by atoms with Crippen LogP contribution in [0.5, 0.6) is 0 Å². The van der Waals surface area contributed by atoms with E-state index in [4.69, 9.17) is 11.6 Å². The molecule has 0 atom stereocenters. The lowest BCUT2D eigenvalue weighted by Gasteiger charge is -2.25. The van der Waals surface area contributed by atoms with Crippen molar-refractivity contribution in [2.75, 3.05) is 11.4 Å². The molecule has 0 aromatic heterocycles. The molecule has 3 rings (SSSR count). The van der Waals surface area contributed by atoms with Crippen LogP contribution < -0.4 is 4.90 Å². The van der Waals surface area contributed by atoms with Gasteiger partial charge < -0.3 is 4.90 Å². The molecule has 0 spiro atoms. The fraction of sp³-hybridized carbons (Fsp3) is 0.235. The zero-order valence-electron chi connectivity index (χ0n) is 11.5. The van der Waals surface area contributed by atoms with Gasteiger partial charge in [-0.2, -0.15) is 0 Å². The number of hydrogen-bond acceptors (Lipinski definition) is 2. The molecule has 0 amide bonds. The fourth-order valence-corrected chi connectivity index (χ4v) is 2.93. The number of rotatable bonds is 2. The Morgan fingerprint density at radius 2 is 1.95 bits per heavy atom. The van der Waals surface area contributed by atoms with Crippen molar-refractivity contribution in [3.63, 3.8) is 0 Å². The van der Waals surface area contributed by atoms with Crippen molar-refractivity contribution < 1.29 is 9.18 Å². The summed E-state index contributed by atoms with van der Waals surface area (Å²) in [5, 5.41) is 0.419. The average Bonchev–Trinajstić information content (AvgIpc) is 2.63. The number of benzene rings is 2. The number of fused-ring (bicyclic) bond motifs is 1. The molecule has 0 saturated carbocycles. The van der Waals surface area contributed by atoms with Crippen LogP contribution in [0.25, 0.3) is 0 Å². The molecule has 0 N–H and O–H groups in total. The number of halogens is 2. The van der Waals surface area contributed by atoms with Gasteiger partial charge in [0, 0.05) is 41.3 Å². The van der Waals surface area contributed by atoms with Crippen LogP contribution in [0.3, 0.4) is 0 Å². The van der Waals surface area contributed by atoms with Gasteiger partial charge in [-0.05, 0) is 30.7 Å². The SMILES string of the molecule is O=C1CCCN(Cc2c(F)cccc2Cl)c2ccccc21. The first kappa shape index (κ1) is 14.1. The van der Waals surface area contributed by atoms with Crippen LogP contribution in [0, 0.1) is 5.82 Å². The van der Waals surface area contributed by atoms with Gasteiger partial charge in [0.1, 0.15) is 5.82 Å². The second-order valence-electron chi connectivity index (χ2n) is 5.17. The van der Waals surface area contributed by atoms with Crippen molar-refractivity contribution in [3.05, 3.63) is 64.4 Å². The minimum atomic E-state index is -0.310. The van der Waals surface area contributed by atoms with E-state index in [-0.39, 0.29) is 11.6 Å². The molecule has 0 aliphatic carbocycles. The molecule has 0 bridgehead atoms. The maximum absolute atomic E-state index is 14.0. The van der Waals surface area contributed by atoms with Crippen LogP contribution in [0.15, 0.2) is 42.5 Å². The highest BCUT2D eigenvalue weighted by Gasteiger charge is 2.21. The number of carbonyl (C=O) groups is 1. The molecule has 1 heterocycles. The highest BCUT2D eigenvalue weighted by molar-refractivity contribution is 6.31. The van der Waals surface area contributed by atoms with E-state index >= 15 is 0 Å². The van der Waals surface area contributed by atoms with Crippen molar-refractivity contribution in [1.82, 2.24) is 0 Å². The monoisotopic (exact) mass is 303 g/mol. The van der Waals surface area contributed by atoms with Gasteiger partial charge in [-0.15, -0.1) is 0 Å². The number of Topliss-reactive ketones (excluding diaryl/α,β-unsaturated/α-hetero) is 1. The van der Waals surface area contributed by atoms with E-state index < -0.39 is 0 Å². The van der Waals surface area contributed by atoms with Gasteiger partial charge in [0.05, 0.1) is 0 Å². The summed E-state index contributed by atoms with van der Waals surface area (Å²) in [5.74, 6) is -0.164. The van der Waals surface area contributed by atoms with Crippen LogP contribution in [0.1, 0.15) is 28.8 Å². The minimum Gasteiger partial charge on any atom is -0.366 e. The molecule has 2 nitrogen and oxygen atoms in total. The number of carbonyl (C=O) groups excluding carboxylic acids is 1. The van der Waals surface area contributed by atoms with E-state index in [0.717, 1.165) is 12.1 Å². The number of hydrogen-bond donors (Lipinski definition) is 0. The van der Waals surface area contributed by atoms with Gasteiger partial charge in [-0.3, -0.25) is 4.79 Å². The van der Waals surface area contributed by atoms with Crippen molar-refractivity contribution in [2.24, 2.45) is 0 Å². The maximum Gasteiger partial charge on any atom is 0.165 e. The lowest BCUT2D eigenvalue weighted by molar-refractivity contribution is 0.0984. The van der Waals surface area contributed by atoms with Crippen LogP contribution in [0.4, 0.5) is 10.1 Å². The van der Waals surface area contributed by atoms with Crippen molar-refractivity contribution >= 4 is 23.1 Å². The third-order valence-electron chi connectivity index (χ3n) is 3.79. The van der Waals surface area contributed by atoms with Gasteiger partial charge in [0.15, 0.2) is 5.78 Å². The summed E-state index contributed by atoms with van der Waals surface area (Å²) < 4.78 is 14.0. The number of para-hydroxylation sites is 1. The quantitative estimate of drug-likeness (QED) is 0.816. The Hall–Kier alpha value is -1.87. The topological polar surface area (TPSA) is 20.3 Å². The molecular formula is C17H15ClFNO. The molecule has 1 aliphatic heterocycles. The van der Waals surface area contributed by atoms with Crippen LogP contribution >= 0.6 is 11.6 Å². The maximum atomic E-state index is 14.0. The molecule has 0 fully saturated rings. The largest absolute Gasteiger partial charge is 0.366 e. The zero-order valence-corrected chi connectivity index (χ0v) is 12.2. The third-order valence-corrected chi connectivity index (χ3v) is 4.14. The molecule has 0 unspecified atom stereocenters. The van der Waals surface area contributed by atoms with Gasteiger partial charge in [-0.1, -0.05) is 29.8 Å². The summed E-state index contributed by atoms with van der Waals surface area (Å²) in [5.41, 5.74) is 2.05.